The number of benzene rings is 2. The number of piperidine rings is 1. The van der Waals surface area contributed by atoms with Crippen LogP contribution in [0.25, 0.3) is 0 Å². The van der Waals surface area contributed by atoms with E-state index in [-0.39, 0.29) is 5.91 Å². The van der Waals surface area contributed by atoms with Gasteiger partial charge in [-0.15, -0.1) is 0 Å². The number of ether oxygens (including phenoxy) is 1. The highest BCUT2D eigenvalue weighted by Crippen LogP contribution is 2.20. The summed E-state index contributed by atoms with van der Waals surface area (Å²) in [5.74, 6) is 0.256. The summed E-state index contributed by atoms with van der Waals surface area (Å²) < 4.78 is 5.27. The molecular formula is C21H25N3O2. The van der Waals surface area contributed by atoms with Crippen molar-refractivity contribution in [3.8, 4) is 5.75 Å². The first-order valence-electron chi connectivity index (χ1n) is 9.00. The number of carbonyl (C=O) groups excluding carboxylic acids is 1. The van der Waals surface area contributed by atoms with E-state index in [2.05, 4.69) is 27.6 Å². The van der Waals surface area contributed by atoms with Gasteiger partial charge < -0.3 is 9.64 Å². The molecule has 1 heterocycles. The van der Waals surface area contributed by atoms with Crippen molar-refractivity contribution in [2.24, 2.45) is 5.10 Å². The summed E-state index contributed by atoms with van der Waals surface area (Å²) in [6.07, 6.45) is 5.50. The van der Waals surface area contributed by atoms with Gasteiger partial charge in [0.15, 0.2) is 0 Å². The molecule has 0 aromatic heterocycles. The third kappa shape index (κ3) is 4.42. The Hall–Kier alpha value is -2.82. The molecule has 0 aliphatic carbocycles. The normalized spacial score (nSPS) is 14.5. The van der Waals surface area contributed by atoms with Crippen LogP contribution in [0.15, 0.2) is 47.6 Å². The quantitative estimate of drug-likeness (QED) is 0.659. The van der Waals surface area contributed by atoms with Crippen molar-refractivity contribution >= 4 is 17.8 Å². The number of hydrogen-bond donors (Lipinski definition) is 1. The van der Waals surface area contributed by atoms with Crippen molar-refractivity contribution in [3.63, 3.8) is 0 Å². The second-order valence-electron chi connectivity index (χ2n) is 6.54. The van der Waals surface area contributed by atoms with Crippen LogP contribution < -0.4 is 15.1 Å². The van der Waals surface area contributed by atoms with E-state index < -0.39 is 0 Å². The largest absolute Gasteiger partial charge is 0.496 e. The number of anilines is 1. The first-order chi connectivity index (χ1) is 12.7. The molecule has 136 valence electrons. The standard InChI is InChI=1S/C21H25N3O2/c1-16-6-11-19(20(14-16)26-2)21(25)23-22-15-17-7-9-18(10-8-17)24-12-4-3-5-13-24/h6-11,14-15H,3-5,12-13H2,1-2H3,(H,23,25)/b22-15-. The molecular weight excluding hydrogens is 326 g/mol. The summed E-state index contributed by atoms with van der Waals surface area (Å²) in [6, 6.07) is 13.7. The Labute approximate surface area is 154 Å². The van der Waals surface area contributed by atoms with Crippen LogP contribution in [-0.4, -0.2) is 32.3 Å². The van der Waals surface area contributed by atoms with Gasteiger partial charge in [-0.3, -0.25) is 4.79 Å². The van der Waals surface area contributed by atoms with Crippen LogP contribution in [0, 0.1) is 6.92 Å². The smallest absolute Gasteiger partial charge is 0.275 e. The van der Waals surface area contributed by atoms with E-state index in [4.69, 9.17) is 4.74 Å². The van der Waals surface area contributed by atoms with Crippen LogP contribution in [0.5, 0.6) is 5.75 Å². The summed E-state index contributed by atoms with van der Waals surface area (Å²) in [4.78, 5) is 14.7. The number of nitrogens with zero attached hydrogens (tertiary/aromatic N) is 2. The van der Waals surface area contributed by atoms with Gasteiger partial charge in [0, 0.05) is 18.8 Å². The molecule has 1 aliphatic heterocycles. The number of hydrogen-bond acceptors (Lipinski definition) is 4. The lowest BCUT2D eigenvalue weighted by Gasteiger charge is -2.28. The summed E-state index contributed by atoms with van der Waals surface area (Å²) in [5, 5.41) is 4.06. The molecule has 0 atom stereocenters. The fourth-order valence-corrected chi connectivity index (χ4v) is 3.13. The minimum atomic E-state index is -0.289. The van der Waals surface area contributed by atoms with Gasteiger partial charge >= 0.3 is 0 Å². The maximum Gasteiger partial charge on any atom is 0.275 e. The summed E-state index contributed by atoms with van der Waals surface area (Å²) in [7, 11) is 1.55. The van der Waals surface area contributed by atoms with Crippen molar-refractivity contribution in [2.75, 3.05) is 25.1 Å². The first-order valence-corrected chi connectivity index (χ1v) is 9.00. The van der Waals surface area contributed by atoms with Crippen molar-refractivity contribution in [1.29, 1.82) is 0 Å². The number of carbonyl (C=O) groups is 1. The first kappa shape index (κ1) is 18.0. The van der Waals surface area contributed by atoms with Crippen molar-refractivity contribution in [3.05, 3.63) is 59.2 Å². The predicted octanol–water partition coefficient (Wildman–Crippen LogP) is 3.76. The molecule has 26 heavy (non-hydrogen) atoms. The number of nitrogens with one attached hydrogen (secondary N) is 1. The zero-order valence-corrected chi connectivity index (χ0v) is 15.4. The Morgan fingerprint density at radius 1 is 1.12 bits per heavy atom. The van der Waals surface area contributed by atoms with E-state index in [1.54, 1.807) is 19.4 Å². The van der Waals surface area contributed by atoms with E-state index >= 15 is 0 Å². The molecule has 0 radical (unpaired) electrons. The number of aryl methyl sites for hydroxylation is 1. The third-order valence-electron chi connectivity index (χ3n) is 4.60. The molecule has 5 heteroatoms. The fraction of sp³-hybridized carbons (Fsp3) is 0.333. The summed E-state index contributed by atoms with van der Waals surface area (Å²) in [5.41, 5.74) is 6.26. The molecule has 0 saturated carbocycles. The lowest BCUT2D eigenvalue weighted by atomic mass is 10.1. The number of hydrazone groups is 1. The zero-order chi connectivity index (χ0) is 18.4. The van der Waals surface area contributed by atoms with Gasteiger partial charge in [-0.2, -0.15) is 5.10 Å². The SMILES string of the molecule is COc1cc(C)ccc1C(=O)N/N=C\c1ccc(N2CCCCC2)cc1. The molecule has 5 nitrogen and oxygen atoms in total. The van der Waals surface area contributed by atoms with Gasteiger partial charge in [0.25, 0.3) is 5.91 Å². The molecule has 1 amide bonds. The Kier molecular flexibility index (Phi) is 5.89. The number of rotatable bonds is 5. The van der Waals surface area contributed by atoms with Crippen molar-refractivity contribution < 1.29 is 9.53 Å². The van der Waals surface area contributed by atoms with Gasteiger partial charge in [0.1, 0.15) is 5.75 Å². The topological polar surface area (TPSA) is 53.9 Å². The Morgan fingerprint density at radius 2 is 1.85 bits per heavy atom. The lowest BCUT2D eigenvalue weighted by Crippen LogP contribution is -2.29. The summed E-state index contributed by atoms with van der Waals surface area (Å²) >= 11 is 0. The Bertz CT molecular complexity index is 778. The molecule has 1 fully saturated rings. The third-order valence-corrected chi connectivity index (χ3v) is 4.60. The highest BCUT2D eigenvalue weighted by Gasteiger charge is 2.12. The van der Waals surface area contributed by atoms with Gasteiger partial charge in [-0.1, -0.05) is 18.2 Å². The molecule has 2 aromatic rings. The van der Waals surface area contributed by atoms with Crippen molar-refractivity contribution in [2.45, 2.75) is 26.2 Å². The summed E-state index contributed by atoms with van der Waals surface area (Å²) in [6.45, 7) is 4.21. The molecule has 2 aromatic carbocycles. The lowest BCUT2D eigenvalue weighted by molar-refractivity contribution is 0.0952. The molecule has 1 saturated heterocycles. The molecule has 3 rings (SSSR count). The van der Waals surface area contributed by atoms with Crippen LogP contribution >= 0.6 is 0 Å². The van der Waals surface area contributed by atoms with Crippen LogP contribution in [0.2, 0.25) is 0 Å². The Balaban J connectivity index is 1.60. The van der Waals surface area contributed by atoms with Crippen molar-refractivity contribution in [1.82, 2.24) is 5.43 Å². The Morgan fingerprint density at radius 3 is 2.54 bits per heavy atom. The molecule has 0 unspecified atom stereocenters. The van der Waals surface area contributed by atoms with Crippen LogP contribution in [-0.2, 0) is 0 Å². The second kappa shape index (κ2) is 8.52. The fourth-order valence-electron chi connectivity index (χ4n) is 3.13. The highest BCUT2D eigenvalue weighted by atomic mass is 16.5. The van der Waals surface area contributed by atoms with E-state index in [9.17, 15) is 4.79 Å². The van der Waals surface area contributed by atoms with Gasteiger partial charge in [-0.05, 0) is 61.6 Å². The van der Waals surface area contributed by atoms with Crippen LogP contribution in [0.4, 0.5) is 5.69 Å². The minimum Gasteiger partial charge on any atom is -0.496 e. The zero-order valence-electron chi connectivity index (χ0n) is 15.4. The van der Waals surface area contributed by atoms with Gasteiger partial charge in [0.2, 0.25) is 0 Å². The van der Waals surface area contributed by atoms with Gasteiger partial charge in [0.05, 0.1) is 18.9 Å². The van der Waals surface area contributed by atoms with E-state index in [1.807, 2.05) is 31.2 Å². The second-order valence-corrected chi connectivity index (χ2v) is 6.54. The average Bonchev–Trinajstić information content (AvgIpc) is 2.69. The van der Waals surface area contributed by atoms with E-state index in [0.29, 0.717) is 11.3 Å². The van der Waals surface area contributed by atoms with E-state index in [1.165, 1.54) is 24.9 Å². The number of amides is 1. The average molecular weight is 351 g/mol. The molecule has 1 N–H and O–H groups in total. The van der Waals surface area contributed by atoms with Crippen LogP contribution in [0.3, 0.4) is 0 Å². The van der Waals surface area contributed by atoms with E-state index in [0.717, 1.165) is 24.2 Å². The maximum absolute atomic E-state index is 12.3. The number of methoxy groups -OCH3 is 1. The minimum absolute atomic E-state index is 0.289. The highest BCUT2D eigenvalue weighted by molar-refractivity contribution is 5.97. The predicted molar refractivity (Wildman–Crippen MR) is 105 cm³/mol. The maximum atomic E-state index is 12.3. The monoisotopic (exact) mass is 351 g/mol. The molecule has 1 aliphatic rings. The van der Waals surface area contributed by atoms with Gasteiger partial charge in [-0.25, -0.2) is 5.43 Å². The molecule has 0 bridgehead atoms. The van der Waals surface area contributed by atoms with Crippen LogP contribution in [0.1, 0.15) is 40.7 Å². The molecule has 0 spiro atoms.